The van der Waals surface area contributed by atoms with Gasteiger partial charge in [-0.3, -0.25) is 4.79 Å². The fourth-order valence-corrected chi connectivity index (χ4v) is 7.48. The van der Waals surface area contributed by atoms with E-state index in [0.29, 0.717) is 0 Å². The second-order valence-electron chi connectivity index (χ2n) is 12.3. The number of carbonyl (C=O) groups is 1. The zero-order chi connectivity index (χ0) is 31.7. The van der Waals surface area contributed by atoms with Gasteiger partial charge in [-0.15, -0.1) is 0 Å². The predicted molar refractivity (Wildman–Crippen MR) is 175 cm³/mol. The fraction of sp³-hybridized carbons (Fsp3) is 0.0976. The lowest BCUT2D eigenvalue weighted by Crippen LogP contribution is -2.52. The third-order valence-electron chi connectivity index (χ3n) is 9.56. The molecule has 0 aliphatic heterocycles. The molecular weight excluding hydrogens is 579 g/mol. The average Bonchev–Trinajstić information content (AvgIpc) is 3.08. The van der Waals surface area contributed by atoms with E-state index in [2.05, 4.69) is 36.4 Å². The summed E-state index contributed by atoms with van der Waals surface area (Å²) in [5.41, 5.74) is 9.73. The first-order chi connectivity index (χ1) is 22.3. The van der Waals surface area contributed by atoms with Gasteiger partial charge in [0.1, 0.15) is 22.9 Å². The van der Waals surface area contributed by atoms with Crippen molar-refractivity contribution in [3.05, 3.63) is 178 Å². The first-order valence-corrected chi connectivity index (χ1v) is 15.2. The monoisotopic (exact) mass is 607 g/mol. The summed E-state index contributed by atoms with van der Waals surface area (Å²) in [7, 11) is 3.54. The quantitative estimate of drug-likeness (QED) is 0.196. The van der Waals surface area contributed by atoms with Crippen molar-refractivity contribution in [3.63, 3.8) is 0 Å². The van der Waals surface area contributed by atoms with Crippen LogP contribution in [0.1, 0.15) is 39.3 Å². The van der Waals surface area contributed by atoms with Crippen molar-refractivity contribution in [1.29, 1.82) is 0 Å². The van der Waals surface area contributed by atoms with Gasteiger partial charge in [-0.2, -0.15) is 0 Å². The molecule has 0 heterocycles. The Labute approximate surface area is 265 Å². The lowest BCUT2D eigenvalue weighted by molar-refractivity contribution is -0.132. The van der Waals surface area contributed by atoms with Crippen molar-refractivity contribution in [2.45, 2.75) is 11.3 Å². The number of hydrogen-bond donors (Lipinski definition) is 0. The van der Waals surface area contributed by atoms with Crippen molar-refractivity contribution >= 4 is 5.91 Å². The SMILES string of the molecule is CN(C)C(=O)C12c3cc(-c4ccc(F)cc4)ccc3C(c3ccc(-c4ccc(F)cc4)cc31)c1ccc(-c3ccc(F)cc3)cc12. The lowest BCUT2D eigenvalue weighted by atomic mass is 9.52. The number of nitrogens with zero attached hydrogens (tertiary/aromatic N) is 1. The van der Waals surface area contributed by atoms with Gasteiger partial charge in [-0.05, 0) is 121 Å². The molecule has 0 saturated heterocycles. The Bertz CT molecular complexity index is 1930. The zero-order valence-electron chi connectivity index (χ0n) is 25.2. The van der Waals surface area contributed by atoms with Gasteiger partial charge >= 0.3 is 0 Å². The van der Waals surface area contributed by atoms with Crippen LogP contribution in [0.25, 0.3) is 33.4 Å². The highest BCUT2D eigenvalue weighted by Crippen LogP contribution is 2.61. The topological polar surface area (TPSA) is 20.3 Å². The van der Waals surface area contributed by atoms with Crippen LogP contribution in [-0.4, -0.2) is 24.9 Å². The van der Waals surface area contributed by atoms with E-state index >= 15 is 4.79 Å². The summed E-state index contributed by atoms with van der Waals surface area (Å²) in [6.45, 7) is 0. The zero-order valence-corrected chi connectivity index (χ0v) is 25.2. The summed E-state index contributed by atoms with van der Waals surface area (Å²) in [5, 5.41) is 0. The van der Waals surface area contributed by atoms with Gasteiger partial charge in [0, 0.05) is 20.0 Å². The van der Waals surface area contributed by atoms with Crippen LogP contribution in [0.4, 0.5) is 13.2 Å². The number of carbonyl (C=O) groups excluding carboxylic acids is 1. The Morgan fingerprint density at radius 3 is 1.04 bits per heavy atom. The summed E-state index contributed by atoms with van der Waals surface area (Å²) in [6, 6.07) is 37.8. The van der Waals surface area contributed by atoms with Gasteiger partial charge in [-0.25, -0.2) is 13.2 Å². The minimum absolute atomic E-state index is 0.0989. The van der Waals surface area contributed by atoms with Gasteiger partial charge in [0.05, 0.1) is 0 Å². The first kappa shape index (κ1) is 28.1. The normalized spacial score (nSPS) is 17.2. The molecule has 0 atom stereocenters. The van der Waals surface area contributed by atoms with Crippen LogP contribution in [0.5, 0.6) is 0 Å². The smallest absolute Gasteiger partial charge is 0.241 e. The van der Waals surface area contributed by atoms with E-state index in [1.165, 1.54) is 36.4 Å². The molecule has 3 aliphatic carbocycles. The molecule has 0 radical (unpaired) electrons. The highest BCUT2D eigenvalue weighted by Gasteiger charge is 2.57. The van der Waals surface area contributed by atoms with Gasteiger partial charge in [0.25, 0.3) is 0 Å². The summed E-state index contributed by atoms with van der Waals surface area (Å²) in [4.78, 5) is 16.7. The Hall–Kier alpha value is -5.42. The predicted octanol–water partition coefficient (Wildman–Crippen LogP) is 9.33. The summed E-state index contributed by atoms with van der Waals surface area (Å²) < 4.78 is 41.7. The van der Waals surface area contributed by atoms with E-state index in [1.807, 2.05) is 18.2 Å². The second kappa shape index (κ2) is 10.3. The molecule has 0 saturated carbocycles. The number of hydrogen-bond acceptors (Lipinski definition) is 1. The molecule has 6 aromatic carbocycles. The Morgan fingerprint density at radius 1 is 0.478 bits per heavy atom. The molecule has 0 unspecified atom stereocenters. The van der Waals surface area contributed by atoms with Crippen LogP contribution in [-0.2, 0) is 10.2 Å². The number of likely N-dealkylation sites (N-methyl/N-ethyl adjacent to an activating group) is 1. The summed E-state index contributed by atoms with van der Waals surface area (Å²) >= 11 is 0. The number of rotatable bonds is 4. The molecule has 9 rings (SSSR count). The van der Waals surface area contributed by atoms with Crippen molar-refractivity contribution in [3.8, 4) is 33.4 Å². The summed E-state index contributed by atoms with van der Waals surface area (Å²) in [5.74, 6) is -1.18. The van der Waals surface area contributed by atoms with Gasteiger partial charge in [-0.1, -0.05) is 72.8 Å². The lowest BCUT2D eigenvalue weighted by Gasteiger charge is -2.50. The standard InChI is InChI=1S/C41H28F3NO/c1-45(2)40(46)41-36-21-27(24-3-12-30(42)13-4-24)9-18-33(36)39(34-19-10-28(22-37(34)41)25-5-14-31(43)15-6-25)35-20-11-29(23-38(35)41)26-7-16-32(44)17-8-26/h3-23,39H,1-2H3. The van der Waals surface area contributed by atoms with E-state index in [9.17, 15) is 13.2 Å². The Kier molecular flexibility index (Phi) is 6.30. The van der Waals surface area contributed by atoms with E-state index < -0.39 is 5.41 Å². The molecule has 1 amide bonds. The molecule has 0 N–H and O–H groups in total. The first-order valence-electron chi connectivity index (χ1n) is 15.2. The largest absolute Gasteiger partial charge is 0.347 e. The van der Waals surface area contributed by atoms with Crippen LogP contribution in [0.15, 0.2) is 127 Å². The fourth-order valence-electron chi connectivity index (χ4n) is 7.48. The highest BCUT2D eigenvalue weighted by atomic mass is 19.1. The maximum Gasteiger partial charge on any atom is 0.241 e. The Morgan fingerprint density at radius 2 is 0.761 bits per heavy atom. The van der Waals surface area contributed by atoms with E-state index in [-0.39, 0.29) is 29.3 Å². The maximum absolute atomic E-state index is 15.0. The van der Waals surface area contributed by atoms with E-state index in [4.69, 9.17) is 0 Å². The van der Waals surface area contributed by atoms with Crippen molar-refractivity contribution in [1.82, 2.24) is 4.90 Å². The molecule has 224 valence electrons. The molecule has 0 fully saturated rings. The molecule has 3 aliphatic rings. The molecule has 6 aromatic rings. The van der Waals surface area contributed by atoms with Gasteiger partial charge in [0.15, 0.2) is 0 Å². The molecule has 5 heteroatoms. The van der Waals surface area contributed by atoms with E-state index in [0.717, 1.165) is 66.8 Å². The number of amides is 1. The molecule has 0 aromatic heterocycles. The van der Waals surface area contributed by atoms with Crippen LogP contribution in [0.3, 0.4) is 0 Å². The molecule has 0 spiro atoms. The third-order valence-corrected chi connectivity index (χ3v) is 9.56. The highest BCUT2D eigenvalue weighted by molar-refractivity contribution is 6.01. The van der Waals surface area contributed by atoms with Crippen molar-refractivity contribution < 1.29 is 18.0 Å². The molecular formula is C41H28F3NO. The molecule has 46 heavy (non-hydrogen) atoms. The summed E-state index contributed by atoms with van der Waals surface area (Å²) in [6.07, 6.45) is 0. The van der Waals surface area contributed by atoms with Gasteiger partial charge in [0.2, 0.25) is 5.91 Å². The minimum atomic E-state index is -1.22. The number of halogens is 3. The Balaban J connectivity index is 1.45. The van der Waals surface area contributed by atoms with Crippen molar-refractivity contribution in [2.75, 3.05) is 14.1 Å². The van der Waals surface area contributed by atoms with Crippen LogP contribution in [0, 0.1) is 17.5 Å². The third kappa shape index (κ3) is 4.08. The van der Waals surface area contributed by atoms with E-state index in [1.54, 1.807) is 55.4 Å². The maximum atomic E-state index is 15.0. The minimum Gasteiger partial charge on any atom is -0.347 e. The average molecular weight is 608 g/mol. The second-order valence-corrected chi connectivity index (χ2v) is 12.3. The van der Waals surface area contributed by atoms with Gasteiger partial charge < -0.3 is 4.90 Å². The molecule has 2 nitrogen and oxygen atoms in total. The van der Waals surface area contributed by atoms with Crippen LogP contribution in [0.2, 0.25) is 0 Å². The number of benzene rings is 6. The van der Waals surface area contributed by atoms with Crippen LogP contribution < -0.4 is 0 Å². The van der Waals surface area contributed by atoms with Crippen LogP contribution >= 0.6 is 0 Å². The molecule has 2 bridgehead atoms. The van der Waals surface area contributed by atoms with Crippen molar-refractivity contribution in [2.24, 2.45) is 0 Å².